The van der Waals surface area contributed by atoms with Gasteiger partial charge >= 0.3 is 0 Å². The molecule has 1 aliphatic rings. The van der Waals surface area contributed by atoms with Gasteiger partial charge in [0.15, 0.2) is 0 Å². The zero-order valence-electron chi connectivity index (χ0n) is 13.3. The highest BCUT2D eigenvalue weighted by atomic mass is 16.5. The summed E-state index contributed by atoms with van der Waals surface area (Å²) in [6.45, 7) is 11.6. The van der Waals surface area contributed by atoms with Crippen LogP contribution in [0.15, 0.2) is 12.1 Å². The van der Waals surface area contributed by atoms with Gasteiger partial charge in [0.05, 0.1) is 18.2 Å². The average Bonchev–Trinajstić information content (AvgIpc) is 2.46. The number of aryl methyl sites for hydroxylation is 2. The molecular weight excluding hydrogens is 264 g/mol. The normalized spacial score (nSPS) is 19.5. The van der Waals surface area contributed by atoms with Crippen molar-refractivity contribution in [3.63, 3.8) is 0 Å². The van der Waals surface area contributed by atoms with Crippen molar-refractivity contribution in [3.8, 4) is 11.8 Å². The highest BCUT2D eigenvalue weighted by Crippen LogP contribution is 2.25. The second-order valence-corrected chi connectivity index (χ2v) is 5.94. The Kier molecular flexibility index (Phi) is 5.22. The maximum Gasteiger partial charge on any atom is 0.125 e. The van der Waals surface area contributed by atoms with Crippen LogP contribution in [0.2, 0.25) is 0 Å². The fourth-order valence-electron chi connectivity index (χ4n) is 2.73. The van der Waals surface area contributed by atoms with Crippen molar-refractivity contribution in [1.29, 1.82) is 5.26 Å². The Labute approximate surface area is 127 Å². The van der Waals surface area contributed by atoms with Crippen LogP contribution in [0.3, 0.4) is 0 Å². The van der Waals surface area contributed by atoms with Crippen molar-refractivity contribution in [1.82, 2.24) is 4.90 Å². The molecule has 0 aromatic heterocycles. The lowest BCUT2D eigenvalue weighted by molar-refractivity contribution is -0.0566. The summed E-state index contributed by atoms with van der Waals surface area (Å²) in [5.74, 6) is 0.874. The molecule has 0 saturated carbocycles. The predicted molar refractivity (Wildman–Crippen MR) is 82.6 cm³/mol. The molecule has 0 N–H and O–H groups in total. The van der Waals surface area contributed by atoms with E-state index in [1.807, 2.05) is 26.0 Å². The molecule has 114 valence electrons. The van der Waals surface area contributed by atoms with Crippen molar-refractivity contribution in [2.75, 3.05) is 26.3 Å². The molecule has 0 aliphatic carbocycles. The molecule has 1 aromatic carbocycles. The Morgan fingerprint density at radius 1 is 1.38 bits per heavy atom. The van der Waals surface area contributed by atoms with Crippen LogP contribution in [0.25, 0.3) is 0 Å². The summed E-state index contributed by atoms with van der Waals surface area (Å²) < 4.78 is 11.8. The molecule has 0 radical (unpaired) electrons. The number of ether oxygens (including phenoxy) is 2. The molecule has 0 amide bonds. The Morgan fingerprint density at radius 2 is 2.05 bits per heavy atom. The zero-order valence-corrected chi connectivity index (χ0v) is 13.3. The van der Waals surface area contributed by atoms with E-state index in [9.17, 15) is 0 Å². The Bertz CT molecular complexity index is 511. The van der Waals surface area contributed by atoms with Gasteiger partial charge in [0.25, 0.3) is 0 Å². The molecule has 4 heteroatoms. The van der Waals surface area contributed by atoms with E-state index in [2.05, 4.69) is 24.8 Å². The highest BCUT2D eigenvalue weighted by molar-refractivity contribution is 5.47. The van der Waals surface area contributed by atoms with Gasteiger partial charge in [-0.1, -0.05) is 0 Å². The van der Waals surface area contributed by atoms with Crippen LogP contribution in [0, 0.1) is 25.2 Å². The number of rotatable bonds is 4. The predicted octanol–water partition coefficient (Wildman–Crippen LogP) is 2.66. The third kappa shape index (κ3) is 3.96. The molecule has 1 aromatic rings. The third-order valence-electron chi connectivity index (χ3n) is 3.90. The van der Waals surface area contributed by atoms with Crippen LogP contribution in [0.1, 0.15) is 30.5 Å². The summed E-state index contributed by atoms with van der Waals surface area (Å²) in [6.07, 6.45) is 0.107. The number of morpholine rings is 1. The van der Waals surface area contributed by atoms with Gasteiger partial charge in [-0.25, -0.2) is 0 Å². The van der Waals surface area contributed by atoms with E-state index >= 15 is 0 Å². The van der Waals surface area contributed by atoms with E-state index in [4.69, 9.17) is 14.7 Å². The minimum absolute atomic E-state index is 0.107. The van der Waals surface area contributed by atoms with Gasteiger partial charge in [-0.15, -0.1) is 0 Å². The van der Waals surface area contributed by atoms with Gasteiger partial charge < -0.3 is 9.47 Å². The van der Waals surface area contributed by atoms with Crippen molar-refractivity contribution >= 4 is 0 Å². The van der Waals surface area contributed by atoms with E-state index in [1.54, 1.807) is 0 Å². The molecule has 21 heavy (non-hydrogen) atoms. The molecule has 1 saturated heterocycles. The summed E-state index contributed by atoms with van der Waals surface area (Å²) in [6, 6.07) is 6.44. The highest BCUT2D eigenvalue weighted by Gasteiger charge is 2.23. The smallest absolute Gasteiger partial charge is 0.125 e. The monoisotopic (exact) mass is 288 g/mol. The van der Waals surface area contributed by atoms with E-state index in [0.29, 0.717) is 18.2 Å². The van der Waals surface area contributed by atoms with Crippen molar-refractivity contribution in [3.05, 3.63) is 28.8 Å². The molecule has 4 nitrogen and oxygen atoms in total. The van der Waals surface area contributed by atoms with Crippen LogP contribution in [0.4, 0.5) is 0 Å². The molecule has 1 fully saturated rings. The lowest BCUT2D eigenvalue weighted by atomic mass is 10.1. The molecule has 1 heterocycles. The van der Waals surface area contributed by atoms with Gasteiger partial charge in [-0.2, -0.15) is 5.26 Å². The van der Waals surface area contributed by atoms with Crippen LogP contribution >= 0.6 is 0 Å². The summed E-state index contributed by atoms with van der Waals surface area (Å²) in [5.41, 5.74) is 2.68. The van der Waals surface area contributed by atoms with Gasteiger partial charge in [-0.3, -0.25) is 4.90 Å². The van der Waals surface area contributed by atoms with Crippen LogP contribution < -0.4 is 4.74 Å². The lowest BCUT2D eigenvalue weighted by Gasteiger charge is -2.35. The Balaban J connectivity index is 1.99. The van der Waals surface area contributed by atoms with E-state index in [-0.39, 0.29) is 6.10 Å². The van der Waals surface area contributed by atoms with E-state index < -0.39 is 0 Å². The van der Waals surface area contributed by atoms with Crippen molar-refractivity contribution in [2.24, 2.45) is 0 Å². The average molecular weight is 288 g/mol. The Hall–Kier alpha value is -1.57. The molecule has 2 rings (SSSR count). The summed E-state index contributed by atoms with van der Waals surface area (Å²) in [7, 11) is 0. The summed E-state index contributed by atoms with van der Waals surface area (Å²) in [5, 5.41) is 8.98. The third-order valence-corrected chi connectivity index (χ3v) is 3.90. The summed E-state index contributed by atoms with van der Waals surface area (Å²) >= 11 is 0. The topological polar surface area (TPSA) is 45.5 Å². The lowest BCUT2D eigenvalue weighted by Crippen LogP contribution is -2.47. The second-order valence-electron chi connectivity index (χ2n) is 5.94. The first-order valence-electron chi connectivity index (χ1n) is 7.51. The Morgan fingerprint density at radius 3 is 2.62 bits per heavy atom. The quantitative estimate of drug-likeness (QED) is 0.854. The first kappa shape index (κ1) is 15.8. The molecular formula is C17H24N2O2. The van der Waals surface area contributed by atoms with Crippen LogP contribution in [-0.2, 0) is 4.74 Å². The number of nitriles is 1. The van der Waals surface area contributed by atoms with Crippen LogP contribution in [-0.4, -0.2) is 43.3 Å². The van der Waals surface area contributed by atoms with Gasteiger partial charge in [0, 0.05) is 19.1 Å². The fraction of sp³-hybridized carbons (Fsp3) is 0.588. The maximum atomic E-state index is 8.98. The largest absolute Gasteiger partial charge is 0.490 e. The standard InChI is InChI=1S/C17H24N2O2/c1-12(2)19-5-6-20-16(10-19)11-21-17-13(3)7-15(9-18)8-14(17)4/h7-8,12,16H,5-6,10-11H2,1-4H3. The maximum absolute atomic E-state index is 8.98. The first-order chi connectivity index (χ1) is 10.0. The number of hydrogen-bond donors (Lipinski definition) is 0. The van der Waals surface area contributed by atoms with Crippen molar-refractivity contribution in [2.45, 2.75) is 39.8 Å². The van der Waals surface area contributed by atoms with Crippen LogP contribution in [0.5, 0.6) is 5.75 Å². The van der Waals surface area contributed by atoms with Gasteiger partial charge in [0.1, 0.15) is 18.5 Å². The van der Waals surface area contributed by atoms with E-state index in [0.717, 1.165) is 36.6 Å². The second kappa shape index (κ2) is 6.93. The number of benzene rings is 1. The van der Waals surface area contributed by atoms with Gasteiger partial charge in [-0.05, 0) is 51.0 Å². The minimum atomic E-state index is 0.107. The summed E-state index contributed by atoms with van der Waals surface area (Å²) in [4.78, 5) is 2.41. The fourth-order valence-corrected chi connectivity index (χ4v) is 2.73. The molecule has 0 bridgehead atoms. The zero-order chi connectivity index (χ0) is 15.4. The molecule has 0 spiro atoms. The first-order valence-corrected chi connectivity index (χ1v) is 7.51. The number of hydrogen-bond acceptors (Lipinski definition) is 4. The molecule has 1 unspecified atom stereocenters. The van der Waals surface area contributed by atoms with Gasteiger partial charge in [0.2, 0.25) is 0 Å². The number of nitrogens with zero attached hydrogens (tertiary/aromatic N) is 2. The van der Waals surface area contributed by atoms with Crippen molar-refractivity contribution < 1.29 is 9.47 Å². The van der Waals surface area contributed by atoms with E-state index in [1.165, 1.54) is 0 Å². The molecule has 1 aliphatic heterocycles. The minimum Gasteiger partial charge on any atom is -0.490 e. The SMILES string of the molecule is Cc1cc(C#N)cc(C)c1OCC1CN(C(C)C)CCO1. The molecule has 1 atom stereocenters.